The molecule has 7 heavy (non-hydrogen) atoms. The number of ether oxygens (including phenoxy) is 1. The predicted molar refractivity (Wildman–Crippen MR) is 32.7 cm³/mol. The fraction of sp³-hybridized carbons (Fsp3) is 1.00. The third-order valence-electron chi connectivity index (χ3n) is 1.22. The van der Waals surface area contributed by atoms with Crippen molar-refractivity contribution >= 4 is 15.9 Å². The number of hydrogen-bond acceptors (Lipinski definition) is 1. The van der Waals surface area contributed by atoms with Crippen LogP contribution in [0.2, 0.25) is 0 Å². The van der Waals surface area contributed by atoms with E-state index in [-0.39, 0.29) is 0 Å². The first-order valence-corrected chi connectivity index (χ1v) is 3.69. The van der Waals surface area contributed by atoms with Gasteiger partial charge in [0.1, 0.15) is 0 Å². The van der Waals surface area contributed by atoms with Gasteiger partial charge in [-0.25, -0.2) is 0 Å². The molecule has 1 nitrogen and oxygen atoms in total. The Morgan fingerprint density at radius 3 is 2.43 bits per heavy atom. The molecule has 1 fully saturated rings. The van der Waals surface area contributed by atoms with Crippen molar-refractivity contribution < 1.29 is 4.74 Å². The summed E-state index contributed by atoms with van der Waals surface area (Å²) in [6.07, 6.45) is 1.28. The zero-order valence-corrected chi connectivity index (χ0v) is 5.78. The van der Waals surface area contributed by atoms with E-state index in [1.807, 2.05) is 0 Å². The maximum absolute atomic E-state index is 4.97. The molecule has 0 N–H and O–H groups in total. The molecule has 1 aliphatic rings. The van der Waals surface area contributed by atoms with E-state index in [2.05, 4.69) is 15.9 Å². The lowest BCUT2D eigenvalue weighted by Crippen LogP contribution is -2.27. The van der Waals surface area contributed by atoms with Crippen molar-refractivity contribution in [3.8, 4) is 0 Å². The summed E-state index contributed by atoms with van der Waals surface area (Å²) >= 11 is 3.37. The lowest BCUT2D eigenvalue weighted by molar-refractivity contribution is -0.0324. The maximum atomic E-state index is 4.97. The summed E-state index contributed by atoms with van der Waals surface area (Å²) in [6.45, 7) is 1.98. The summed E-state index contributed by atoms with van der Waals surface area (Å²) < 4.78 is 4.97. The van der Waals surface area contributed by atoms with Gasteiger partial charge in [-0.3, -0.25) is 0 Å². The Bertz CT molecular complexity index is 52.0. The van der Waals surface area contributed by atoms with Crippen molar-refractivity contribution in [1.82, 2.24) is 0 Å². The highest BCUT2D eigenvalue weighted by Crippen LogP contribution is 2.14. The molecule has 42 valence electrons. The van der Waals surface area contributed by atoms with E-state index in [1.165, 1.54) is 6.42 Å². The minimum Gasteiger partial charge on any atom is -0.381 e. The van der Waals surface area contributed by atoms with Crippen molar-refractivity contribution in [3.63, 3.8) is 0 Å². The van der Waals surface area contributed by atoms with Gasteiger partial charge in [-0.05, 0) is 6.42 Å². The molecule has 0 atom stereocenters. The summed E-state index contributed by atoms with van der Waals surface area (Å²) in [5, 5.41) is 1.13. The van der Waals surface area contributed by atoms with Gasteiger partial charge in [0.2, 0.25) is 0 Å². The van der Waals surface area contributed by atoms with Gasteiger partial charge in [-0.2, -0.15) is 0 Å². The van der Waals surface area contributed by atoms with Crippen molar-refractivity contribution in [2.24, 2.45) is 5.92 Å². The average molecular weight is 165 g/mol. The lowest BCUT2D eigenvalue weighted by atomic mass is 10.1. The zero-order valence-electron chi connectivity index (χ0n) is 4.19. The summed E-state index contributed by atoms with van der Waals surface area (Å²) in [5.41, 5.74) is 0. The Kier molecular flexibility index (Phi) is 2.13. The molecular weight excluding hydrogens is 156 g/mol. The van der Waals surface area contributed by atoms with Gasteiger partial charge in [0.25, 0.3) is 0 Å². The largest absolute Gasteiger partial charge is 0.381 e. The van der Waals surface area contributed by atoms with E-state index in [1.54, 1.807) is 0 Å². The van der Waals surface area contributed by atoms with Crippen LogP contribution < -0.4 is 0 Å². The summed E-state index contributed by atoms with van der Waals surface area (Å²) in [4.78, 5) is 0. The molecule has 2 heteroatoms. The molecule has 0 aliphatic carbocycles. The van der Waals surface area contributed by atoms with Gasteiger partial charge in [0, 0.05) is 11.2 Å². The van der Waals surface area contributed by atoms with Crippen LogP contribution in [0, 0.1) is 5.92 Å². The first-order valence-electron chi connectivity index (χ1n) is 2.57. The Hall–Kier alpha value is 0.440. The smallest absolute Gasteiger partial charge is 0.0516 e. The van der Waals surface area contributed by atoms with Crippen molar-refractivity contribution in [2.75, 3.05) is 18.5 Å². The third-order valence-corrected chi connectivity index (χ3v) is 1.68. The van der Waals surface area contributed by atoms with E-state index >= 15 is 0 Å². The molecule has 0 saturated carbocycles. The summed E-state index contributed by atoms with van der Waals surface area (Å²) in [5.74, 6) is 0.861. The van der Waals surface area contributed by atoms with Crippen LogP contribution in [0.5, 0.6) is 0 Å². The van der Waals surface area contributed by atoms with E-state index in [0.29, 0.717) is 0 Å². The Morgan fingerprint density at radius 1 is 1.57 bits per heavy atom. The second-order valence-corrected chi connectivity index (χ2v) is 2.67. The van der Waals surface area contributed by atoms with E-state index in [9.17, 15) is 0 Å². The maximum Gasteiger partial charge on any atom is 0.0516 e. The van der Waals surface area contributed by atoms with Gasteiger partial charge in [0.15, 0.2) is 0 Å². The minimum atomic E-state index is 0.861. The normalized spacial score (nSPS) is 21.9. The molecule has 1 saturated heterocycles. The number of hydrogen-bond donors (Lipinski definition) is 0. The van der Waals surface area contributed by atoms with Gasteiger partial charge in [-0.1, -0.05) is 15.9 Å². The first kappa shape index (κ1) is 5.57. The number of rotatable bonds is 2. The van der Waals surface area contributed by atoms with E-state index in [0.717, 1.165) is 24.5 Å². The van der Waals surface area contributed by atoms with Gasteiger partial charge in [-0.15, -0.1) is 0 Å². The predicted octanol–water partition coefficient (Wildman–Crippen LogP) is 1.42. The van der Waals surface area contributed by atoms with Crippen LogP contribution in [-0.2, 0) is 4.74 Å². The van der Waals surface area contributed by atoms with Crippen molar-refractivity contribution in [2.45, 2.75) is 6.42 Å². The first-order chi connectivity index (χ1) is 3.43. The Morgan fingerprint density at radius 2 is 2.29 bits per heavy atom. The highest BCUT2D eigenvalue weighted by atomic mass is 79.9. The molecule has 0 amide bonds. The SMILES string of the molecule is BrCCC1COC1. The number of alkyl halides is 1. The van der Waals surface area contributed by atoms with Crippen molar-refractivity contribution in [1.29, 1.82) is 0 Å². The highest BCUT2D eigenvalue weighted by Gasteiger charge is 2.16. The fourth-order valence-corrected chi connectivity index (χ4v) is 1.25. The van der Waals surface area contributed by atoms with Crippen LogP contribution in [-0.4, -0.2) is 18.5 Å². The van der Waals surface area contributed by atoms with E-state index in [4.69, 9.17) is 4.74 Å². The monoisotopic (exact) mass is 164 g/mol. The molecule has 1 rings (SSSR count). The zero-order chi connectivity index (χ0) is 5.11. The second-order valence-electron chi connectivity index (χ2n) is 1.88. The highest BCUT2D eigenvalue weighted by molar-refractivity contribution is 9.09. The fourth-order valence-electron chi connectivity index (χ4n) is 0.605. The molecule has 1 aliphatic heterocycles. The molecular formula is C5H9BrO. The summed E-state index contributed by atoms with van der Waals surface area (Å²) in [6, 6.07) is 0. The Balaban J connectivity index is 1.93. The minimum absolute atomic E-state index is 0.861. The second kappa shape index (κ2) is 2.68. The summed E-state index contributed by atoms with van der Waals surface area (Å²) in [7, 11) is 0. The molecule has 1 heterocycles. The molecule has 0 aromatic heterocycles. The van der Waals surface area contributed by atoms with Crippen LogP contribution in [0.25, 0.3) is 0 Å². The third kappa shape index (κ3) is 1.42. The van der Waals surface area contributed by atoms with Crippen molar-refractivity contribution in [3.05, 3.63) is 0 Å². The topological polar surface area (TPSA) is 9.23 Å². The average Bonchev–Trinajstić information content (AvgIpc) is 1.55. The lowest BCUT2D eigenvalue weighted by Gasteiger charge is -2.24. The molecule has 0 unspecified atom stereocenters. The van der Waals surface area contributed by atoms with Crippen LogP contribution in [0.15, 0.2) is 0 Å². The van der Waals surface area contributed by atoms with E-state index < -0.39 is 0 Å². The Labute approximate surface area is 52.2 Å². The van der Waals surface area contributed by atoms with Gasteiger partial charge >= 0.3 is 0 Å². The van der Waals surface area contributed by atoms with Crippen LogP contribution in [0.3, 0.4) is 0 Å². The molecule has 0 spiro atoms. The number of halogens is 1. The molecule has 0 aromatic rings. The molecule has 0 radical (unpaired) electrons. The quantitative estimate of drug-likeness (QED) is 0.562. The van der Waals surface area contributed by atoms with Gasteiger partial charge < -0.3 is 4.74 Å². The van der Waals surface area contributed by atoms with Gasteiger partial charge in [0.05, 0.1) is 13.2 Å². The van der Waals surface area contributed by atoms with Crippen LogP contribution in [0.4, 0.5) is 0 Å². The van der Waals surface area contributed by atoms with Crippen LogP contribution in [0.1, 0.15) is 6.42 Å². The molecule has 0 bridgehead atoms. The standard InChI is InChI=1S/C5H9BrO/c6-2-1-5-3-7-4-5/h5H,1-4H2. The molecule has 0 aromatic carbocycles. The van der Waals surface area contributed by atoms with Crippen LogP contribution >= 0.6 is 15.9 Å².